The average Bonchev–Trinajstić information content (AvgIpc) is 2.85. The van der Waals surface area contributed by atoms with Crippen LogP contribution in [0.25, 0.3) is 0 Å². The molecule has 1 aromatic carbocycles. The molecule has 0 aliphatic carbocycles. The third-order valence-corrected chi connectivity index (χ3v) is 4.27. The number of nitrogens with one attached hydrogen (secondary N) is 1. The van der Waals surface area contributed by atoms with Crippen LogP contribution in [-0.2, 0) is 44.6 Å². The van der Waals surface area contributed by atoms with E-state index in [1.165, 1.54) is 6.92 Å². The summed E-state index contributed by atoms with van der Waals surface area (Å²) in [5, 5.41) is 2.70. The van der Waals surface area contributed by atoms with E-state index in [2.05, 4.69) is 5.32 Å². The molecule has 11 nitrogen and oxygen atoms in total. The van der Waals surface area contributed by atoms with Crippen LogP contribution < -0.4 is 15.8 Å². The van der Waals surface area contributed by atoms with Crippen molar-refractivity contribution >= 4 is 11.9 Å². The summed E-state index contributed by atoms with van der Waals surface area (Å²) in [7, 11) is 0. The second-order valence-electron chi connectivity index (χ2n) is 7.24. The van der Waals surface area contributed by atoms with Crippen LogP contribution in [0.1, 0.15) is 18.9 Å². The molecule has 0 bridgehead atoms. The van der Waals surface area contributed by atoms with Gasteiger partial charge in [0.25, 0.3) is 0 Å². The first kappa shape index (κ1) is 30.9. The number of carbonyl (C=O) groups excluding carboxylic acids is 2. The van der Waals surface area contributed by atoms with E-state index in [0.717, 1.165) is 5.56 Å². The van der Waals surface area contributed by atoms with Crippen LogP contribution in [0.3, 0.4) is 0 Å². The third kappa shape index (κ3) is 19.8. The van der Waals surface area contributed by atoms with Gasteiger partial charge in [-0.25, -0.2) is 0 Å². The molecule has 0 saturated heterocycles. The van der Waals surface area contributed by atoms with Gasteiger partial charge in [-0.3, -0.25) is 9.59 Å². The third-order valence-electron chi connectivity index (χ3n) is 4.27. The van der Waals surface area contributed by atoms with Crippen LogP contribution in [0.2, 0.25) is 0 Å². The van der Waals surface area contributed by atoms with E-state index in [4.69, 9.17) is 38.9 Å². The van der Waals surface area contributed by atoms with Gasteiger partial charge in [-0.15, -0.1) is 0 Å². The van der Waals surface area contributed by atoms with E-state index in [-0.39, 0.29) is 24.9 Å². The van der Waals surface area contributed by atoms with Crippen molar-refractivity contribution in [3.63, 3.8) is 0 Å². The fourth-order valence-electron chi connectivity index (χ4n) is 2.52. The van der Waals surface area contributed by atoms with Crippen molar-refractivity contribution in [3.05, 3.63) is 29.8 Å². The Morgan fingerprint density at radius 1 is 0.686 bits per heavy atom. The van der Waals surface area contributed by atoms with Crippen LogP contribution in [0.4, 0.5) is 0 Å². The number of benzene rings is 1. The molecule has 0 aliphatic heterocycles. The summed E-state index contributed by atoms with van der Waals surface area (Å²) < 4.78 is 37.4. The molecule has 0 spiro atoms. The minimum absolute atomic E-state index is 0.0974. The molecular weight excluding hydrogens is 460 g/mol. The average molecular weight is 501 g/mol. The fourth-order valence-corrected chi connectivity index (χ4v) is 2.52. The Morgan fingerprint density at radius 3 is 1.54 bits per heavy atom. The number of carbonyl (C=O) groups is 2. The molecule has 0 fully saturated rings. The summed E-state index contributed by atoms with van der Waals surface area (Å²) in [6.45, 7) is 7.99. The van der Waals surface area contributed by atoms with E-state index >= 15 is 0 Å². The SMILES string of the molecule is CC(=O)NCc1ccc(OC(=O)CCOCCOCCOCCOCCOCCOCCN)cc1. The molecule has 0 saturated carbocycles. The van der Waals surface area contributed by atoms with Gasteiger partial charge in [-0.2, -0.15) is 0 Å². The highest BCUT2D eigenvalue weighted by atomic mass is 16.6. The second-order valence-corrected chi connectivity index (χ2v) is 7.24. The first-order chi connectivity index (χ1) is 17.1. The van der Waals surface area contributed by atoms with Crippen LogP contribution in [0.15, 0.2) is 24.3 Å². The van der Waals surface area contributed by atoms with Crippen molar-refractivity contribution in [2.75, 3.05) is 85.8 Å². The number of amides is 1. The summed E-state index contributed by atoms with van der Waals surface area (Å²) in [5.41, 5.74) is 6.23. The molecule has 0 heterocycles. The maximum absolute atomic E-state index is 11.9. The van der Waals surface area contributed by atoms with Crippen LogP contribution in [0, 0.1) is 0 Å². The van der Waals surface area contributed by atoms with Crippen molar-refractivity contribution in [2.24, 2.45) is 5.73 Å². The highest BCUT2D eigenvalue weighted by Gasteiger charge is 2.05. The molecule has 35 heavy (non-hydrogen) atoms. The molecule has 1 aromatic rings. The molecule has 1 amide bonds. The van der Waals surface area contributed by atoms with Gasteiger partial charge in [0.1, 0.15) is 5.75 Å². The zero-order chi connectivity index (χ0) is 25.4. The maximum Gasteiger partial charge on any atom is 0.313 e. The van der Waals surface area contributed by atoms with Gasteiger partial charge in [-0.1, -0.05) is 12.1 Å². The van der Waals surface area contributed by atoms with E-state index in [1.807, 2.05) is 0 Å². The Bertz CT molecular complexity index is 659. The van der Waals surface area contributed by atoms with Gasteiger partial charge >= 0.3 is 5.97 Å². The van der Waals surface area contributed by atoms with Crippen molar-refractivity contribution in [1.29, 1.82) is 0 Å². The number of esters is 1. The quantitative estimate of drug-likeness (QED) is 0.125. The minimum Gasteiger partial charge on any atom is -0.426 e. The molecule has 0 aliphatic rings. The lowest BCUT2D eigenvalue weighted by Crippen LogP contribution is -2.18. The monoisotopic (exact) mass is 500 g/mol. The fraction of sp³-hybridized carbons (Fsp3) is 0.667. The molecule has 0 radical (unpaired) electrons. The normalized spacial score (nSPS) is 10.9. The first-order valence-corrected chi connectivity index (χ1v) is 11.8. The lowest BCUT2D eigenvalue weighted by molar-refractivity contribution is -0.135. The minimum atomic E-state index is -0.376. The number of hydrogen-bond donors (Lipinski definition) is 2. The molecule has 11 heteroatoms. The Labute approximate surface area is 207 Å². The molecule has 1 rings (SSSR count). The highest BCUT2D eigenvalue weighted by molar-refractivity contribution is 5.73. The molecule has 200 valence electrons. The number of hydrogen-bond acceptors (Lipinski definition) is 10. The van der Waals surface area contributed by atoms with E-state index in [1.54, 1.807) is 24.3 Å². The number of ether oxygens (including phenoxy) is 7. The molecule has 3 N–H and O–H groups in total. The van der Waals surface area contributed by atoms with Crippen LogP contribution in [0.5, 0.6) is 5.75 Å². The standard InChI is InChI=1S/C24H40N2O9/c1-21(27)26-20-22-2-4-23(5-3-22)35-24(28)6-8-29-10-12-31-14-16-33-18-19-34-17-15-32-13-11-30-9-7-25/h2-5H,6-20,25H2,1H3,(H,26,27). The summed E-state index contributed by atoms with van der Waals surface area (Å²) >= 11 is 0. The smallest absolute Gasteiger partial charge is 0.313 e. The lowest BCUT2D eigenvalue weighted by atomic mass is 10.2. The van der Waals surface area contributed by atoms with Gasteiger partial charge in [0.05, 0.1) is 85.7 Å². The zero-order valence-electron chi connectivity index (χ0n) is 20.7. The van der Waals surface area contributed by atoms with E-state index < -0.39 is 0 Å². The van der Waals surface area contributed by atoms with Gasteiger partial charge in [0.15, 0.2) is 0 Å². The summed E-state index contributed by atoms with van der Waals surface area (Å²) in [5.74, 6) is -0.0214. The Hall–Kier alpha value is -2.12. The zero-order valence-corrected chi connectivity index (χ0v) is 20.7. The van der Waals surface area contributed by atoms with Crippen molar-refractivity contribution in [2.45, 2.75) is 19.9 Å². The van der Waals surface area contributed by atoms with Crippen LogP contribution >= 0.6 is 0 Å². The van der Waals surface area contributed by atoms with Crippen molar-refractivity contribution < 1.29 is 42.7 Å². The second kappa shape index (κ2) is 22.4. The van der Waals surface area contributed by atoms with E-state index in [0.29, 0.717) is 91.5 Å². The van der Waals surface area contributed by atoms with Gasteiger partial charge in [-0.05, 0) is 17.7 Å². The van der Waals surface area contributed by atoms with Crippen LogP contribution in [-0.4, -0.2) is 97.7 Å². The summed E-state index contributed by atoms with van der Waals surface area (Å²) in [6.07, 6.45) is 0.143. The summed E-state index contributed by atoms with van der Waals surface area (Å²) in [4.78, 5) is 22.8. The summed E-state index contributed by atoms with van der Waals surface area (Å²) in [6, 6.07) is 6.97. The lowest BCUT2D eigenvalue weighted by Gasteiger charge is -2.08. The highest BCUT2D eigenvalue weighted by Crippen LogP contribution is 2.13. The first-order valence-electron chi connectivity index (χ1n) is 11.8. The maximum atomic E-state index is 11.9. The van der Waals surface area contributed by atoms with Gasteiger partial charge < -0.3 is 44.2 Å². The largest absolute Gasteiger partial charge is 0.426 e. The predicted octanol–water partition coefficient (Wildman–Crippen LogP) is 0.677. The number of nitrogens with two attached hydrogens (primary N) is 1. The number of rotatable bonds is 23. The molecule has 0 aromatic heterocycles. The van der Waals surface area contributed by atoms with Gasteiger partial charge in [0.2, 0.25) is 5.91 Å². The molecule has 0 unspecified atom stereocenters. The topological polar surface area (TPSA) is 137 Å². The van der Waals surface area contributed by atoms with Crippen molar-refractivity contribution in [3.8, 4) is 5.75 Å². The van der Waals surface area contributed by atoms with Crippen molar-refractivity contribution in [1.82, 2.24) is 5.32 Å². The van der Waals surface area contributed by atoms with Gasteiger partial charge in [0, 0.05) is 20.0 Å². The van der Waals surface area contributed by atoms with E-state index in [9.17, 15) is 9.59 Å². The molecular formula is C24H40N2O9. The Kier molecular flexibility index (Phi) is 19.7. The Balaban J connectivity index is 1.83. The molecule has 0 atom stereocenters. The Morgan fingerprint density at radius 2 is 1.11 bits per heavy atom. The predicted molar refractivity (Wildman–Crippen MR) is 128 cm³/mol.